The Morgan fingerprint density at radius 1 is 1.20 bits per heavy atom. The summed E-state index contributed by atoms with van der Waals surface area (Å²) >= 11 is 0. The molecule has 2 rings (SSSR count). The summed E-state index contributed by atoms with van der Waals surface area (Å²) in [4.78, 5) is 42.5. The van der Waals surface area contributed by atoms with Crippen LogP contribution in [0.25, 0.3) is 10.4 Å². The normalized spacial score (nSPS) is 23.1. The van der Waals surface area contributed by atoms with Gasteiger partial charge in [-0.05, 0) is 53.1 Å². The van der Waals surface area contributed by atoms with E-state index in [1.54, 1.807) is 41.5 Å². The number of alkyl halides is 1. The van der Waals surface area contributed by atoms with Crippen LogP contribution in [-0.2, 0) is 41.9 Å². The lowest BCUT2D eigenvalue weighted by Crippen LogP contribution is -2.48. The molecule has 0 aromatic carbocycles. The number of azide groups is 1. The second-order valence-electron chi connectivity index (χ2n) is 11.0. The topological polar surface area (TPSA) is 236 Å². The Hall–Kier alpha value is -3.11. The molecule has 1 aliphatic rings. The number of hydrogen-bond acceptors (Lipinski definition) is 14. The molecule has 0 amide bonds. The number of hydrogen-bond donors (Lipinski definition) is 2. The predicted octanol–water partition coefficient (Wildman–Crippen LogP) is 2.35. The van der Waals surface area contributed by atoms with E-state index in [4.69, 9.17) is 39.0 Å². The Kier molecular flexibility index (Phi) is 11.0. The van der Waals surface area contributed by atoms with Crippen LogP contribution in [0.2, 0.25) is 0 Å². The van der Waals surface area contributed by atoms with Gasteiger partial charge in [-0.25, -0.2) is 22.8 Å². The largest absolute Gasteiger partial charge is 0.480 e. The van der Waals surface area contributed by atoms with Crippen LogP contribution in [0.5, 0.6) is 0 Å². The molecule has 17 nitrogen and oxygen atoms in total. The average Bonchev–Trinajstić information content (AvgIpc) is 3.10. The minimum absolute atomic E-state index is 0.154. The van der Waals surface area contributed by atoms with Crippen molar-refractivity contribution < 1.29 is 51.4 Å². The van der Waals surface area contributed by atoms with Gasteiger partial charge in [-0.1, -0.05) is 5.11 Å². The van der Waals surface area contributed by atoms with Gasteiger partial charge in [0, 0.05) is 11.1 Å². The SMILES string of the molecule is CC(C)(C)C(=O)OCOP(=O)(OCOC(=O)C(C)(C)C)OC[C@@]1(CN=[N+]=[N-])O[C@@H](n2ccc(N)nc2=O)[C@H](F)[C@@H]1O. The van der Waals surface area contributed by atoms with Gasteiger partial charge < -0.3 is 25.1 Å². The van der Waals surface area contributed by atoms with E-state index >= 15 is 4.39 Å². The highest BCUT2D eigenvalue weighted by molar-refractivity contribution is 7.48. The van der Waals surface area contributed by atoms with E-state index in [0.29, 0.717) is 4.57 Å². The molecule has 0 aliphatic carbocycles. The van der Waals surface area contributed by atoms with Crippen molar-refractivity contribution in [3.05, 3.63) is 33.2 Å². The van der Waals surface area contributed by atoms with Crippen LogP contribution in [0.4, 0.5) is 10.2 Å². The molecule has 0 spiro atoms. The number of esters is 2. The molecule has 230 valence electrons. The predicted molar refractivity (Wildman–Crippen MR) is 137 cm³/mol. The highest BCUT2D eigenvalue weighted by Crippen LogP contribution is 2.52. The van der Waals surface area contributed by atoms with Gasteiger partial charge in [-0.3, -0.25) is 18.7 Å². The summed E-state index contributed by atoms with van der Waals surface area (Å²) in [7, 11) is -4.82. The van der Waals surface area contributed by atoms with Crippen molar-refractivity contribution in [3.63, 3.8) is 0 Å². The molecule has 1 saturated heterocycles. The molecular weight excluding hydrogens is 574 g/mol. The molecule has 1 fully saturated rings. The van der Waals surface area contributed by atoms with Crippen molar-refractivity contribution in [1.82, 2.24) is 9.55 Å². The van der Waals surface area contributed by atoms with Crippen LogP contribution in [0.3, 0.4) is 0 Å². The first-order chi connectivity index (χ1) is 18.8. The summed E-state index contributed by atoms with van der Waals surface area (Å²) in [5.41, 5.74) is 9.18. The smallest absolute Gasteiger partial charge is 0.437 e. The first-order valence-corrected chi connectivity index (χ1v) is 13.5. The van der Waals surface area contributed by atoms with Crippen molar-refractivity contribution in [2.24, 2.45) is 15.9 Å². The molecule has 4 atom stereocenters. The number of nitrogen functional groups attached to an aromatic ring is 1. The number of nitrogens with two attached hydrogens (primary N) is 1. The summed E-state index contributed by atoms with van der Waals surface area (Å²) in [6.45, 7) is 5.68. The summed E-state index contributed by atoms with van der Waals surface area (Å²) in [6, 6.07) is 1.18. The maximum absolute atomic E-state index is 15.3. The van der Waals surface area contributed by atoms with E-state index in [1.165, 1.54) is 6.07 Å². The van der Waals surface area contributed by atoms with Crippen LogP contribution in [0.1, 0.15) is 47.8 Å². The minimum atomic E-state index is -4.82. The van der Waals surface area contributed by atoms with Crippen LogP contribution in [0, 0.1) is 10.8 Å². The zero-order valence-electron chi connectivity index (χ0n) is 23.4. The van der Waals surface area contributed by atoms with Gasteiger partial charge in [-0.15, -0.1) is 0 Å². The summed E-state index contributed by atoms with van der Waals surface area (Å²) in [6.07, 6.45) is -5.11. The number of rotatable bonds is 12. The minimum Gasteiger partial charge on any atom is -0.437 e. The first kappa shape index (κ1) is 34.1. The van der Waals surface area contributed by atoms with Gasteiger partial charge in [0.15, 0.2) is 12.4 Å². The number of aliphatic hydroxyl groups is 1. The average molecular weight is 609 g/mol. The number of carbonyl (C=O) groups is 2. The quantitative estimate of drug-likeness (QED) is 0.0866. The van der Waals surface area contributed by atoms with Gasteiger partial charge >= 0.3 is 25.5 Å². The Morgan fingerprint density at radius 3 is 2.20 bits per heavy atom. The lowest BCUT2D eigenvalue weighted by molar-refractivity contribution is -0.165. The van der Waals surface area contributed by atoms with Crippen LogP contribution in [0.15, 0.2) is 22.2 Å². The maximum atomic E-state index is 15.3. The molecule has 1 aliphatic heterocycles. The van der Waals surface area contributed by atoms with Gasteiger partial charge in [0.25, 0.3) is 0 Å². The number of nitrogens with zero attached hydrogens (tertiary/aromatic N) is 5. The van der Waals surface area contributed by atoms with E-state index in [1.807, 2.05) is 0 Å². The molecule has 41 heavy (non-hydrogen) atoms. The Balaban J connectivity index is 2.31. The zero-order valence-corrected chi connectivity index (χ0v) is 24.3. The van der Waals surface area contributed by atoms with Gasteiger partial charge in [0.2, 0.25) is 13.6 Å². The lowest BCUT2D eigenvalue weighted by Gasteiger charge is -2.31. The fraction of sp³-hybridized carbons (Fsp3) is 0.727. The number of ether oxygens (including phenoxy) is 3. The van der Waals surface area contributed by atoms with Crippen molar-refractivity contribution in [2.45, 2.75) is 65.6 Å². The summed E-state index contributed by atoms with van der Waals surface area (Å²) in [5, 5.41) is 14.1. The van der Waals surface area contributed by atoms with E-state index in [9.17, 15) is 24.1 Å². The summed E-state index contributed by atoms with van der Waals surface area (Å²) < 4.78 is 60.2. The molecule has 19 heteroatoms. The van der Waals surface area contributed by atoms with Crippen molar-refractivity contribution >= 4 is 25.6 Å². The third-order valence-electron chi connectivity index (χ3n) is 5.49. The monoisotopic (exact) mass is 608 g/mol. The molecule has 0 bridgehead atoms. The number of aliphatic hydroxyl groups excluding tert-OH is 1. The Labute approximate surface area is 234 Å². The molecular formula is C22H34FN6O11P. The molecule has 3 N–H and O–H groups in total. The van der Waals surface area contributed by atoms with Gasteiger partial charge in [-0.2, -0.15) is 4.98 Å². The van der Waals surface area contributed by atoms with Gasteiger partial charge in [0.1, 0.15) is 17.5 Å². The van der Waals surface area contributed by atoms with E-state index < -0.39 is 87.1 Å². The van der Waals surface area contributed by atoms with Gasteiger partial charge in [0.05, 0.1) is 24.0 Å². The lowest BCUT2D eigenvalue weighted by atomic mass is 9.97. The fourth-order valence-electron chi connectivity index (χ4n) is 3.12. The highest BCUT2D eigenvalue weighted by Gasteiger charge is 2.57. The second-order valence-corrected chi connectivity index (χ2v) is 12.6. The Bertz CT molecular complexity index is 1220. The molecule has 2 heterocycles. The number of anilines is 1. The standard InChI is InChI=1S/C22H34FN6O11P/c1-20(2,3)17(31)35-11-38-41(34,39-12-36-18(32)21(4,5)6)37-10-22(9-26-28-25)15(30)14(23)16(40-22)29-8-7-13(24)27-19(29)33/h7-8,14-16,30H,9-12H2,1-6H3,(H2,24,27,33)/t14-,15+,16-,22-/m1/s1. The number of halogens is 1. The number of carbonyl (C=O) groups excluding carboxylic acids is 2. The van der Waals surface area contributed by atoms with Crippen LogP contribution >= 0.6 is 7.82 Å². The molecule has 0 unspecified atom stereocenters. The van der Waals surface area contributed by atoms with Crippen molar-refractivity contribution in [1.29, 1.82) is 0 Å². The van der Waals surface area contributed by atoms with Crippen molar-refractivity contribution in [3.8, 4) is 0 Å². The molecule has 1 aromatic rings. The molecule has 0 saturated carbocycles. The van der Waals surface area contributed by atoms with Crippen LogP contribution < -0.4 is 11.4 Å². The van der Waals surface area contributed by atoms with E-state index in [-0.39, 0.29) is 5.82 Å². The Morgan fingerprint density at radius 2 is 1.73 bits per heavy atom. The third-order valence-corrected chi connectivity index (χ3v) is 6.78. The molecule has 1 aromatic heterocycles. The maximum Gasteiger partial charge on any atom is 0.480 e. The number of aromatic nitrogens is 2. The second kappa shape index (κ2) is 13.2. The van der Waals surface area contributed by atoms with E-state index in [2.05, 4.69) is 15.0 Å². The first-order valence-electron chi connectivity index (χ1n) is 12.1. The van der Waals surface area contributed by atoms with E-state index in [0.717, 1.165) is 6.20 Å². The van der Waals surface area contributed by atoms with Crippen molar-refractivity contribution in [2.75, 3.05) is 32.5 Å². The highest BCUT2D eigenvalue weighted by atomic mass is 31.2. The summed E-state index contributed by atoms with van der Waals surface area (Å²) in [5.74, 6) is -1.62. The number of phosphoric acid groups is 1. The third kappa shape index (κ3) is 8.94. The zero-order chi connectivity index (χ0) is 31.2. The fourth-order valence-corrected chi connectivity index (χ4v) is 4.08. The van der Waals surface area contributed by atoms with Crippen LogP contribution in [-0.4, -0.2) is 71.2 Å². The molecule has 0 radical (unpaired) electrons. The number of phosphoric ester groups is 1.